The average molecular weight is 465 g/mol. The summed E-state index contributed by atoms with van der Waals surface area (Å²) in [7, 11) is 0. The van der Waals surface area contributed by atoms with Gasteiger partial charge in [0.05, 0.1) is 11.7 Å². The Bertz CT molecular complexity index is 1350. The van der Waals surface area contributed by atoms with Gasteiger partial charge in [-0.05, 0) is 102 Å². The molecule has 0 amide bonds. The van der Waals surface area contributed by atoms with E-state index in [2.05, 4.69) is 52.0 Å². The zero-order valence-electron chi connectivity index (χ0n) is 20.9. The molecule has 0 aromatic heterocycles. The van der Waals surface area contributed by atoms with Crippen LogP contribution in [0.5, 0.6) is 5.75 Å². The Morgan fingerprint density at radius 1 is 0.829 bits per heavy atom. The highest BCUT2D eigenvalue weighted by Crippen LogP contribution is 2.35. The molecular weight excluding hydrogens is 432 g/mol. The lowest BCUT2D eigenvalue weighted by atomic mass is 9.89. The first kappa shape index (κ1) is 23.3. The third kappa shape index (κ3) is 5.01. The molecule has 1 aliphatic rings. The van der Waals surface area contributed by atoms with Crippen molar-refractivity contribution < 1.29 is 14.3 Å². The van der Waals surface area contributed by atoms with Gasteiger partial charge < -0.3 is 9.47 Å². The van der Waals surface area contributed by atoms with E-state index in [9.17, 15) is 4.79 Å². The molecule has 0 N–H and O–H groups in total. The molecule has 1 saturated heterocycles. The van der Waals surface area contributed by atoms with Gasteiger partial charge >= 0.3 is 5.97 Å². The second kappa shape index (κ2) is 9.67. The van der Waals surface area contributed by atoms with Crippen LogP contribution in [0.25, 0.3) is 21.9 Å². The molecule has 1 heterocycles. The average Bonchev–Trinajstić information content (AvgIpc) is 2.84. The lowest BCUT2D eigenvalue weighted by molar-refractivity contribution is -0.0124. The zero-order chi connectivity index (χ0) is 24.5. The molecule has 0 bridgehead atoms. The van der Waals surface area contributed by atoms with E-state index >= 15 is 0 Å². The minimum absolute atomic E-state index is 0.189. The van der Waals surface area contributed by atoms with Gasteiger partial charge in [-0.3, -0.25) is 0 Å². The van der Waals surface area contributed by atoms with Crippen molar-refractivity contribution in [3.63, 3.8) is 0 Å². The Balaban J connectivity index is 1.33. The molecule has 2 unspecified atom stereocenters. The summed E-state index contributed by atoms with van der Waals surface area (Å²) in [5.74, 6) is 0.843. The lowest BCUT2D eigenvalue weighted by Gasteiger charge is -2.28. The zero-order valence-corrected chi connectivity index (χ0v) is 20.9. The first-order valence-corrected chi connectivity index (χ1v) is 12.4. The van der Waals surface area contributed by atoms with E-state index in [0.717, 1.165) is 29.4 Å². The maximum atomic E-state index is 12.8. The van der Waals surface area contributed by atoms with Gasteiger partial charge in [0, 0.05) is 6.61 Å². The quantitative estimate of drug-likeness (QED) is 0.226. The molecule has 2 atom stereocenters. The van der Waals surface area contributed by atoms with Crippen LogP contribution in [0.2, 0.25) is 0 Å². The molecule has 5 rings (SSSR count). The summed E-state index contributed by atoms with van der Waals surface area (Å²) in [4.78, 5) is 12.8. The van der Waals surface area contributed by atoms with Crippen LogP contribution >= 0.6 is 0 Å². The Kier molecular flexibility index (Phi) is 6.44. The molecule has 35 heavy (non-hydrogen) atoms. The number of hydrogen-bond donors (Lipinski definition) is 0. The number of ether oxygens (including phenoxy) is 2. The molecule has 4 aromatic carbocycles. The highest BCUT2D eigenvalue weighted by molar-refractivity contribution is 5.93. The lowest BCUT2D eigenvalue weighted by Crippen LogP contribution is -2.18. The summed E-state index contributed by atoms with van der Waals surface area (Å²) >= 11 is 0. The first-order valence-electron chi connectivity index (χ1n) is 12.4. The van der Waals surface area contributed by atoms with Gasteiger partial charge in [-0.25, -0.2) is 4.79 Å². The predicted octanol–water partition coefficient (Wildman–Crippen LogP) is 8.14. The molecule has 0 aliphatic carbocycles. The van der Waals surface area contributed by atoms with Crippen LogP contribution in [-0.4, -0.2) is 12.6 Å². The highest BCUT2D eigenvalue weighted by Gasteiger charge is 2.22. The Labute approximate surface area is 207 Å². The fraction of sp³-hybridized carbons (Fsp3) is 0.281. The van der Waals surface area contributed by atoms with Crippen LogP contribution < -0.4 is 4.74 Å². The number of rotatable bonds is 4. The van der Waals surface area contributed by atoms with Gasteiger partial charge in [0.1, 0.15) is 5.75 Å². The van der Waals surface area contributed by atoms with E-state index in [4.69, 9.17) is 9.47 Å². The van der Waals surface area contributed by atoms with Crippen LogP contribution in [0.15, 0.2) is 72.8 Å². The van der Waals surface area contributed by atoms with Gasteiger partial charge in [0.15, 0.2) is 0 Å². The summed E-state index contributed by atoms with van der Waals surface area (Å²) in [6.07, 6.45) is 2.47. The van der Waals surface area contributed by atoms with Gasteiger partial charge in [-0.1, -0.05) is 61.0 Å². The van der Waals surface area contributed by atoms with Crippen LogP contribution in [0.3, 0.4) is 0 Å². The molecule has 0 radical (unpaired) electrons. The fourth-order valence-electron chi connectivity index (χ4n) is 5.13. The molecule has 0 saturated carbocycles. The Morgan fingerprint density at radius 3 is 2.20 bits per heavy atom. The topological polar surface area (TPSA) is 35.5 Å². The van der Waals surface area contributed by atoms with E-state index in [-0.39, 0.29) is 12.1 Å². The number of aryl methyl sites for hydroxylation is 3. The summed E-state index contributed by atoms with van der Waals surface area (Å²) in [6, 6.07) is 24.2. The number of benzene rings is 4. The van der Waals surface area contributed by atoms with Crippen molar-refractivity contribution in [2.24, 2.45) is 5.92 Å². The van der Waals surface area contributed by atoms with Gasteiger partial charge in [-0.2, -0.15) is 0 Å². The number of fused-ring (bicyclic) bond motifs is 1. The monoisotopic (exact) mass is 464 g/mol. The van der Waals surface area contributed by atoms with Crippen molar-refractivity contribution in [2.75, 3.05) is 6.61 Å². The Morgan fingerprint density at radius 2 is 1.51 bits per heavy atom. The minimum atomic E-state index is -0.351. The fourth-order valence-corrected chi connectivity index (χ4v) is 5.13. The van der Waals surface area contributed by atoms with Crippen molar-refractivity contribution in [3.8, 4) is 16.9 Å². The van der Waals surface area contributed by atoms with E-state index < -0.39 is 0 Å². The van der Waals surface area contributed by atoms with Crippen LogP contribution in [0.4, 0.5) is 0 Å². The number of esters is 1. The van der Waals surface area contributed by atoms with E-state index in [0.29, 0.717) is 17.2 Å². The number of hydrogen-bond acceptors (Lipinski definition) is 3. The molecule has 4 aromatic rings. The van der Waals surface area contributed by atoms with Crippen molar-refractivity contribution >= 4 is 16.7 Å². The number of carbonyl (C=O) groups is 1. The maximum Gasteiger partial charge on any atom is 0.343 e. The molecular formula is C32H32O3. The van der Waals surface area contributed by atoms with E-state index in [1.54, 1.807) is 0 Å². The van der Waals surface area contributed by atoms with Gasteiger partial charge in [-0.15, -0.1) is 0 Å². The molecule has 1 fully saturated rings. The maximum absolute atomic E-state index is 12.8. The predicted molar refractivity (Wildman–Crippen MR) is 142 cm³/mol. The molecule has 3 heteroatoms. The normalized spacial score (nSPS) is 17.9. The van der Waals surface area contributed by atoms with Crippen LogP contribution in [-0.2, 0) is 4.74 Å². The molecule has 178 valence electrons. The third-order valence-corrected chi connectivity index (χ3v) is 7.02. The molecule has 1 aliphatic heterocycles. The second-order valence-electron chi connectivity index (χ2n) is 10.0. The summed E-state index contributed by atoms with van der Waals surface area (Å²) < 4.78 is 11.8. The summed E-state index contributed by atoms with van der Waals surface area (Å²) in [5.41, 5.74) is 7.77. The minimum Gasteiger partial charge on any atom is -0.423 e. The van der Waals surface area contributed by atoms with Crippen molar-refractivity contribution in [2.45, 2.75) is 46.6 Å². The largest absolute Gasteiger partial charge is 0.423 e. The first-order chi connectivity index (χ1) is 16.9. The van der Waals surface area contributed by atoms with Gasteiger partial charge in [0.25, 0.3) is 0 Å². The van der Waals surface area contributed by atoms with Crippen molar-refractivity contribution in [3.05, 3.63) is 101 Å². The van der Waals surface area contributed by atoms with Crippen molar-refractivity contribution in [1.82, 2.24) is 0 Å². The summed E-state index contributed by atoms with van der Waals surface area (Å²) in [6.45, 7) is 9.46. The SMILES string of the molecule is Cc1ccc2cc(OC(=O)c3ccc(-c4c(C)cc(C5CCC(C)CO5)cc4C)cc3)ccc2c1. The van der Waals surface area contributed by atoms with E-state index in [1.807, 2.05) is 48.5 Å². The third-order valence-electron chi connectivity index (χ3n) is 7.02. The van der Waals surface area contributed by atoms with Crippen LogP contribution in [0, 0.1) is 26.7 Å². The van der Waals surface area contributed by atoms with Gasteiger partial charge in [0.2, 0.25) is 0 Å². The smallest absolute Gasteiger partial charge is 0.343 e. The van der Waals surface area contributed by atoms with Crippen LogP contribution in [0.1, 0.15) is 58.5 Å². The number of carbonyl (C=O) groups excluding carboxylic acids is 1. The van der Waals surface area contributed by atoms with Crippen molar-refractivity contribution in [1.29, 1.82) is 0 Å². The Hall–Kier alpha value is -3.43. The molecule has 3 nitrogen and oxygen atoms in total. The standard InChI is InChI=1S/C32H32O3/c1-20-5-7-27-18-29(13-12-26(27)15-20)35-32(33)25-10-8-24(9-11-25)31-22(3)16-28(17-23(31)4)30-14-6-21(2)19-34-30/h5,7-13,15-18,21,30H,6,14,19H2,1-4H3. The second-order valence-corrected chi connectivity index (χ2v) is 10.0. The molecule has 0 spiro atoms. The highest BCUT2D eigenvalue weighted by atomic mass is 16.5. The summed E-state index contributed by atoms with van der Waals surface area (Å²) in [5, 5.41) is 2.19. The van der Waals surface area contributed by atoms with E-state index in [1.165, 1.54) is 34.2 Å².